The monoisotopic (exact) mass is 316 g/mol. The van der Waals surface area contributed by atoms with Crippen molar-refractivity contribution in [3.63, 3.8) is 0 Å². The van der Waals surface area contributed by atoms with Gasteiger partial charge in [-0.3, -0.25) is 4.79 Å². The summed E-state index contributed by atoms with van der Waals surface area (Å²) in [7, 11) is 1.34. The number of amides is 1. The highest BCUT2D eigenvalue weighted by molar-refractivity contribution is 7.09. The predicted octanol–water partition coefficient (Wildman–Crippen LogP) is 2.57. The Morgan fingerprint density at radius 3 is 2.64 bits per heavy atom. The third-order valence-corrected chi connectivity index (χ3v) is 3.68. The lowest BCUT2D eigenvalue weighted by molar-refractivity contribution is -0.116. The van der Waals surface area contributed by atoms with E-state index in [1.165, 1.54) is 24.5 Å². The van der Waals surface area contributed by atoms with Crippen molar-refractivity contribution in [2.24, 2.45) is 0 Å². The van der Waals surface area contributed by atoms with Gasteiger partial charge in [-0.25, -0.2) is 9.78 Å². The van der Waals surface area contributed by atoms with Gasteiger partial charge in [0.2, 0.25) is 5.91 Å². The number of aryl methyl sites for hydroxylation is 1. The zero-order valence-electron chi connectivity index (χ0n) is 12.3. The summed E-state index contributed by atoms with van der Waals surface area (Å²) in [4.78, 5) is 27.3. The zero-order valence-corrected chi connectivity index (χ0v) is 13.1. The van der Waals surface area contributed by atoms with Crippen LogP contribution in [0.4, 0.5) is 0 Å². The molecule has 0 atom stereocenters. The maximum absolute atomic E-state index is 11.7. The van der Waals surface area contributed by atoms with Crippen molar-refractivity contribution in [1.82, 2.24) is 10.3 Å². The van der Waals surface area contributed by atoms with Crippen LogP contribution in [0.5, 0.6) is 0 Å². The molecule has 6 heteroatoms. The first kappa shape index (κ1) is 15.9. The second-order valence-electron chi connectivity index (χ2n) is 4.53. The zero-order chi connectivity index (χ0) is 15.9. The normalized spacial score (nSPS) is 10.6. The van der Waals surface area contributed by atoms with E-state index in [4.69, 9.17) is 0 Å². The number of hydrogen-bond donors (Lipinski definition) is 1. The molecule has 2 aromatic rings. The molecule has 0 saturated carbocycles. The molecule has 0 saturated heterocycles. The minimum Gasteiger partial charge on any atom is -0.465 e. The lowest BCUT2D eigenvalue weighted by Crippen LogP contribution is -2.20. The number of methoxy groups -OCH3 is 1. The minimum absolute atomic E-state index is 0.192. The van der Waals surface area contributed by atoms with Crippen LogP contribution in [0, 0.1) is 6.92 Å². The summed E-state index contributed by atoms with van der Waals surface area (Å²) >= 11 is 1.54. The van der Waals surface area contributed by atoms with Gasteiger partial charge in [-0.1, -0.05) is 12.1 Å². The molecule has 114 valence electrons. The summed E-state index contributed by atoms with van der Waals surface area (Å²) in [6, 6.07) is 6.89. The molecule has 0 fully saturated rings. The van der Waals surface area contributed by atoms with E-state index in [9.17, 15) is 9.59 Å². The largest absolute Gasteiger partial charge is 0.465 e. The average Bonchev–Trinajstić information content (AvgIpc) is 2.96. The highest BCUT2D eigenvalue weighted by Gasteiger charge is 2.04. The van der Waals surface area contributed by atoms with Crippen molar-refractivity contribution >= 4 is 29.3 Å². The number of esters is 1. The van der Waals surface area contributed by atoms with E-state index in [-0.39, 0.29) is 11.9 Å². The molecule has 0 radical (unpaired) electrons. The number of rotatable bonds is 5. The third kappa shape index (κ3) is 4.53. The lowest BCUT2D eigenvalue weighted by Gasteiger charge is -2.04. The van der Waals surface area contributed by atoms with Crippen molar-refractivity contribution in [2.75, 3.05) is 7.11 Å². The van der Waals surface area contributed by atoms with E-state index in [1.807, 2.05) is 12.3 Å². The maximum Gasteiger partial charge on any atom is 0.337 e. The molecule has 2 rings (SSSR count). The fourth-order valence-corrected chi connectivity index (χ4v) is 2.32. The number of nitrogens with one attached hydrogen (secondary N) is 1. The van der Waals surface area contributed by atoms with Crippen molar-refractivity contribution in [3.05, 3.63) is 57.6 Å². The first-order valence-corrected chi connectivity index (χ1v) is 7.52. The molecule has 0 unspecified atom stereocenters. The van der Waals surface area contributed by atoms with E-state index < -0.39 is 0 Å². The van der Waals surface area contributed by atoms with E-state index in [0.29, 0.717) is 12.1 Å². The highest BCUT2D eigenvalue weighted by Crippen LogP contribution is 2.09. The second kappa shape index (κ2) is 7.51. The van der Waals surface area contributed by atoms with Gasteiger partial charge in [0.1, 0.15) is 0 Å². The van der Waals surface area contributed by atoms with Crippen LogP contribution in [0.1, 0.15) is 26.6 Å². The molecule has 1 aromatic carbocycles. The number of nitrogens with zero attached hydrogens (tertiary/aromatic N) is 1. The minimum atomic E-state index is -0.378. The summed E-state index contributed by atoms with van der Waals surface area (Å²) in [6.45, 7) is 2.31. The Bertz CT molecular complexity index is 690. The van der Waals surface area contributed by atoms with E-state index >= 15 is 0 Å². The van der Waals surface area contributed by atoms with Crippen molar-refractivity contribution in [3.8, 4) is 0 Å². The van der Waals surface area contributed by atoms with Gasteiger partial charge in [0.25, 0.3) is 0 Å². The molecule has 0 spiro atoms. The van der Waals surface area contributed by atoms with Crippen LogP contribution in [0.15, 0.2) is 35.7 Å². The van der Waals surface area contributed by atoms with Gasteiger partial charge in [0.15, 0.2) is 0 Å². The summed E-state index contributed by atoms with van der Waals surface area (Å²) in [6.07, 6.45) is 3.14. The first-order valence-electron chi connectivity index (χ1n) is 6.64. The quantitative estimate of drug-likeness (QED) is 0.680. The molecule has 0 aliphatic heterocycles. The number of aromatic nitrogens is 1. The van der Waals surface area contributed by atoms with E-state index in [0.717, 1.165) is 16.3 Å². The van der Waals surface area contributed by atoms with Gasteiger partial charge >= 0.3 is 5.97 Å². The summed E-state index contributed by atoms with van der Waals surface area (Å²) in [5, 5.41) is 5.63. The molecule has 1 heterocycles. The second-order valence-corrected chi connectivity index (χ2v) is 5.59. The number of thiazole rings is 1. The number of benzene rings is 1. The van der Waals surface area contributed by atoms with E-state index in [1.54, 1.807) is 30.3 Å². The highest BCUT2D eigenvalue weighted by atomic mass is 32.1. The Balaban J connectivity index is 1.85. The van der Waals surface area contributed by atoms with Gasteiger partial charge in [-0.05, 0) is 30.7 Å². The van der Waals surface area contributed by atoms with Crippen molar-refractivity contribution < 1.29 is 14.3 Å². The van der Waals surface area contributed by atoms with Crippen LogP contribution >= 0.6 is 11.3 Å². The van der Waals surface area contributed by atoms with Gasteiger partial charge in [-0.2, -0.15) is 0 Å². The Labute approximate surface area is 132 Å². The van der Waals surface area contributed by atoms with Crippen molar-refractivity contribution in [1.29, 1.82) is 0 Å². The number of carbonyl (C=O) groups is 2. The molecule has 5 nitrogen and oxygen atoms in total. The van der Waals surface area contributed by atoms with Crippen LogP contribution < -0.4 is 5.32 Å². The molecule has 0 bridgehead atoms. The number of ether oxygens (including phenoxy) is 1. The number of hydrogen-bond acceptors (Lipinski definition) is 5. The average molecular weight is 316 g/mol. The predicted molar refractivity (Wildman–Crippen MR) is 85.5 cm³/mol. The van der Waals surface area contributed by atoms with Crippen LogP contribution in [0.3, 0.4) is 0 Å². The van der Waals surface area contributed by atoms with Gasteiger partial charge in [0.05, 0.1) is 23.4 Å². The van der Waals surface area contributed by atoms with Gasteiger partial charge in [0, 0.05) is 18.0 Å². The van der Waals surface area contributed by atoms with Crippen LogP contribution in [0.25, 0.3) is 6.08 Å². The number of carbonyl (C=O) groups excluding carboxylic acids is 2. The fourth-order valence-electron chi connectivity index (χ4n) is 1.74. The van der Waals surface area contributed by atoms with Crippen LogP contribution in [0.2, 0.25) is 0 Å². The maximum atomic E-state index is 11.7. The molecule has 1 amide bonds. The first-order chi connectivity index (χ1) is 10.6. The van der Waals surface area contributed by atoms with Crippen LogP contribution in [-0.2, 0) is 16.1 Å². The molecular formula is C16H16N2O3S. The standard InChI is InChI=1S/C16H16N2O3S/c1-11-18-14(10-22-11)7-8-15(19)17-9-12-3-5-13(6-4-12)16(20)21-2/h3-8,10H,9H2,1-2H3,(H,17,19)/b8-7+. The Morgan fingerprint density at radius 1 is 1.32 bits per heavy atom. The smallest absolute Gasteiger partial charge is 0.337 e. The molecular weight excluding hydrogens is 300 g/mol. The third-order valence-electron chi connectivity index (χ3n) is 2.88. The molecule has 22 heavy (non-hydrogen) atoms. The summed E-state index contributed by atoms with van der Waals surface area (Å²) < 4.78 is 4.63. The lowest BCUT2D eigenvalue weighted by atomic mass is 10.1. The van der Waals surface area contributed by atoms with Gasteiger partial charge < -0.3 is 10.1 Å². The van der Waals surface area contributed by atoms with Crippen molar-refractivity contribution in [2.45, 2.75) is 13.5 Å². The van der Waals surface area contributed by atoms with E-state index in [2.05, 4.69) is 15.0 Å². The Hall–Kier alpha value is -2.47. The molecule has 0 aliphatic rings. The molecule has 1 N–H and O–H groups in total. The fraction of sp³-hybridized carbons (Fsp3) is 0.188. The molecule has 1 aromatic heterocycles. The summed E-state index contributed by atoms with van der Waals surface area (Å²) in [5.41, 5.74) is 2.16. The SMILES string of the molecule is COC(=O)c1ccc(CNC(=O)/C=C/c2csc(C)n2)cc1. The Kier molecular flexibility index (Phi) is 5.43. The van der Waals surface area contributed by atoms with Gasteiger partial charge in [-0.15, -0.1) is 11.3 Å². The van der Waals surface area contributed by atoms with Crippen LogP contribution in [-0.4, -0.2) is 24.0 Å². The topological polar surface area (TPSA) is 68.3 Å². The Morgan fingerprint density at radius 2 is 2.05 bits per heavy atom. The molecule has 0 aliphatic carbocycles. The summed E-state index contributed by atoms with van der Waals surface area (Å²) in [5.74, 6) is -0.570.